The molecule has 82 valence electrons. The summed E-state index contributed by atoms with van der Waals surface area (Å²) >= 11 is 0. The number of hydrogen-bond acceptors (Lipinski definition) is 3. The molecule has 0 aromatic heterocycles. The van der Waals surface area contributed by atoms with E-state index in [-0.39, 0.29) is 0 Å². The van der Waals surface area contributed by atoms with Crippen LogP contribution in [0.15, 0.2) is 0 Å². The van der Waals surface area contributed by atoms with Crippen LogP contribution in [0.2, 0.25) is 0 Å². The number of nitrogens with zero attached hydrogens (tertiary/aromatic N) is 1. The van der Waals surface area contributed by atoms with E-state index in [1.165, 1.54) is 32.4 Å². The van der Waals surface area contributed by atoms with Crippen molar-refractivity contribution in [1.29, 1.82) is 0 Å². The van der Waals surface area contributed by atoms with Gasteiger partial charge in [-0.05, 0) is 38.8 Å². The van der Waals surface area contributed by atoms with Crippen molar-refractivity contribution in [3.8, 4) is 0 Å². The maximum absolute atomic E-state index is 5.57. The zero-order valence-corrected chi connectivity index (χ0v) is 9.17. The van der Waals surface area contributed by atoms with E-state index in [9.17, 15) is 0 Å². The molecule has 0 spiro atoms. The van der Waals surface area contributed by atoms with Crippen LogP contribution in [0.3, 0.4) is 0 Å². The smallest absolute Gasteiger partial charge is 0.0591 e. The molecule has 14 heavy (non-hydrogen) atoms. The highest BCUT2D eigenvalue weighted by atomic mass is 16.5. The molecule has 1 atom stereocenters. The first-order valence-electron chi connectivity index (χ1n) is 5.84. The van der Waals surface area contributed by atoms with Crippen molar-refractivity contribution in [1.82, 2.24) is 10.2 Å². The molecule has 0 aromatic rings. The molecule has 0 bridgehead atoms. The molecule has 1 N–H and O–H groups in total. The first kappa shape index (κ1) is 10.4. The fraction of sp³-hybridized carbons (Fsp3) is 1.00. The molecule has 1 aliphatic heterocycles. The monoisotopic (exact) mass is 198 g/mol. The normalized spacial score (nSPS) is 28.5. The average Bonchev–Trinajstić information content (AvgIpc) is 2.89. The van der Waals surface area contributed by atoms with E-state index in [1.54, 1.807) is 0 Å². The summed E-state index contributed by atoms with van der Waals surface area (Å²) in [6.45, 7) is 5.33. The molecule has 1 heterocycles. The molecule has 1 saturated carbocycles. The lowest BCUT2D eigenvalue weighted by molar-refractivity contribution is 0.124. The highest BCUT2D eigenvalue weighted by Gasteiger charge is 2.21. The summed E-state index contributed by atoms with van der Waals surface area (Å²) in [5, 5.41) is 3.54. The van der Waals surface area contributed by atoms with Crippen LogP contribution in [-0.2, 0) is 4.74 Å². The molecular weight excluding hydrogens is 176 g/mol. The van der Waals surface area contributed by atoms with E-state index in [4.69, 9.17) is 4.74 Å². The van der Waals surface area contributed by atoms with E-state index in [2.05, 4.69) is 17.3 Å². The third-order valence-electron chi connectivity index (χ3n) is 3.12. The molecule has 2 aliphatic rings. The minimum atomic E-state index is 0.699. The molecular formula is C11H22N2O. The van der Waals surface area contributed by atoms with Crippen molar-refractivity contribution < 1.29 is 4.74 Å². The van der Waals surface area contributed by atoms with Crippen LogP contribution in [0.4, 0.5) is 0 Å². The van der Waals surface area contributed by atoms with Gasteiger partial charge in [-0.1, -0.05) is 0 Å². The van der Waals surface area contributed by atoms with Gasteiger partial charge < -0.3 is 15.0 Å². The Morgan fingerprint density at radius 1 is 1.36 bits per heavy atom. The van der Waals surface area contributed by atoms with Crippen LogP contribution in [0.25, 0.3) is 0 Å². The first-order valence-corrected chi connectivity index (χ1v) is 5.84. The number of hydrogen-bond donors (Lipinski definition) is 1. The van der Waals surface area contributed by atoms with Gasteiger partial charge in [0.1, 0.15) is 0 Å². The van der Waals surface area contributed by atoms with Crippen LogP contribution in [0.5, 0.6) is 0 Å². The van der Waals surface area contributed by atoms with Gasteiger partial charge in [0.15, 0.2) is 0 Å². The van der Waals surface area contributed by atoms with Gasteiger partial charge in [0.25, 0.3) is 0 Å². The molecule has 1 saturated heterocycles. The second-order valence-electron chi connectivity index (χ2n) is 4.72. The van der Waals surface area contributed by atoms with Gasteiger partial charge in [-0.3, -0.25) is 0 Å². The lowest BCUT2D eigenvalue weighted by Crippen LogP contribution is -2.34. The van der Waals surface area contributed by atoms with E-state index in [0.717, 1.165) is 25.7 Å². The fourth-order valence-electron chi connectivity index (χ4n) is 1.97. The fourth-order valence-corrected chi connectivity index (χ4v) is 1.97. The number of rotatable bonds is 6. The minimum Gasteiger partial charge on any atom is -0.380 e. The topological polar surface area (TPSA) is 24.5 Å². The van der Waals surface area contributed by atoms with Gasteiger partial charge in [0.05, 0.1) is 6.61 Å². The van der Waals surface area contributed by atoms with Crippen molar-refractivity contribution in [2.75, 3.05) is 39.9 Å². The van der Waals surface area contributed by atoms with Crippen LogP contribution < -0.4 is 5.32 Å². The van der Waals surface area contributed by atoms with Crippen LogP contribution >= 0.6 is 0 Å². The third-order valence-corrected chi connectivity index (χ3v) is 3.12. The Morgan fingerprint density at radius 3 is 2.86 bits per heavy atom. The maximum Gasteiger partial charge on any atom is 0.0591 e. The van der Waals surface area contributed by atoms with E-state index >= 15 is 0 Å². The number of ether oxygens (including phenoxy) is 1. The number of likely N-dealkylation sites (tertiary alicyclic amines) is 1. The second kappa shape index (κ2) is 5.10. The largest absolute Gasteiger partial charge is 0.380 e. The summed E-state index contributed by atoms with van der Waals surface area (Å²) < 4.78 is 5.57. The Hall–Kier alpha value is -0.120. The highest BCUT2D eigenvalue weighted by Crippen LogP contribution is 2.28. The van der Waals surface area contributed by atoms with Crippen molar-refractivity contribution in [2.24, 2.45) is 5.92 Å². The SMILES string of the molecule is CN1CCC(NCCOCC2CC2)C1. The van der Waals surface area contributed by atoms with Crippen molar-refractivity contribution >= 4 is 0 Å². The second-order valence-corrected chi connectivity index (χ2v) is 4.72. The summed E-state index contributed by atoms with van der Waals surface area (Å²) in [6.07, 6.45) is 4.07. The molecule has 1 aliphatic carbocycles. The summed E-state index contributed by atoms with van der Waals surface area (Å²) in [7, 11) is 2.19. The van der Waals surface area contributed by atoms with Crippen LogP contribution in [0.1, 0.15) is 19.3 Å². The summed E-state index contributed by atoms with van der Waals surface area (Å²) in [4.78, 5) is 2.38. The van der Waals surface area contributed by atoms with E-state index in [0.29, 0.717) is 6.04 Å². The van der Waals surface area contributed by atoms with Crippen molar-refractivity contribution in [2.45, 2.75) is 25.3 Å². The van der Waals surface area contributed by atoms with Crippen LogP contribution in [-0.4, -0.2) is 50.8 Å². The van der Waals surface area contributed by atoms with Gasteiger partial charge in [-0.2, -0.15) is 0 Å². The molecule has 0 radical (unpaired) electrons. The van der Waals surface area contributed by atoms with Gasteiger partial charge in [-0.15, -0.1) is 0 Å². The highest BCUT2D eigenvalue weighted by molar-refractivity contribution is 4.78. The van der Waals surface area contributed by atoms with E-state index in [1.807, 2.05) is 0 Å². The number of nitrogens with one attached hydrogen (secondary N) is 1. The Kier molecular flexibility index (Phi) is 3.79. The molecule has 0 amide bonds. The Bertz CT molecular complexity index is 171. The van der Waals surface area contributed by atoms with Gasteiger partial charge in [-0.25, -0.2) is 0 Å². The molecule has 2 fully saturated rings. The van der Waals surface area contributed by atoms with Gasteiger partial charge in [0, 0.05) is 25.7 Å². The van der Waals surface area contributed by atoms with Crippen molar-refractivity contribution in [3.63, 3.8) is 0 Å². The predicted molar refractivity (Wildman–Crippen MR) is 57.4 cm³/mol. The lowest BCUT2D eigenvalue weighted by Gasteiger charge is -2.12. The minimum absolute atomic E-state index is 0.699. The van der Waals surface area contributed by atoms with E-state index < -0.39 is 0 Å². The first-order chi connectivity index (χ1) is 6.84. The lowest BCUT2D eigenvalue weighted by atomic mass is 10.3. The van der Waals surface area contributed by atoms with Crippen molar-refractivity contribution in [3.05, 3.63) is 0 Å². The zero-order chi connectivity index (χ0) is 9.80. The van der Waals surface area contributed by atoms with Crippen LogP contribution in [0, 0.1) is 5.92 Å². The molecule has 0 aromatic carbocycles. The summed E-state index contributed by atoms with van der Waals surface area (Å²) in [6, 6.07) is 0.699. The molecule has 3 nitrogen and oxygen atoms in total. The summed E-state index contributed by atoms with van der Waals surface area (Å²) in [5.74, 6) is 0.896. The molecule has 3 heteroatoms. The Morgan fingerprint density at radius 2 is 2.21 bits per heavy atom. The Balaban J connectivity index is 1.42. The average molecular weight is 198 g/mol. The quantitative estimate of drug-likeness (QED) is 0.636. The summed E-state index contributed by atoms with van der Waals surface area (Å²) in [5.41, 5.74) is 0. The van der Waals surface area contributed by atoms with Gasteiger partial charge >= 0.3 is 0 Å². The Labute approximate surface area is 86.8 Å². The van der Waals surface area contributed by atoms with Gasteiger partial charge in [0.2, 0.25) is 0 Å². The number of likely N-dealkylation sites (N-methyl/N-ethyl adjacent to an activating group) is 1. The standard InChI is InChI=1S/C11H22N2O/c1-13-6-4-11(8-13)12-5-7-14-9-10-2-3-10/h10-12H,2-9H2,1H3. The molecule has 2 rings (SSSR count). The molecule has 1 unspecified atom stereocenters. The predicted octanol–water partition coefficient (Wildman–Crippen LogP) is 0.707. The zero-order valence-electron chi connectivity index (χ0n) is 9.17. The third kappa shape index (κ3) is 3.56. The maximum atomic E-state index is 5.57.